The van der Waals surface area contributed by atoms with E-state index < -0.39 is 0 Å². The van der Waals surface area contributed by atoms with Crippen LogP contribution in [0.5, 0.6) is 0 Å². The molecule has 24 heavy (non-hydrogen) atoms. The van der Waals surface area contributed by atoms with Gasteiger partial charge in [-0.25, -0.2) is 9.97 Å². The number of aromatic amines is 1. The molecule has 2 N–H and O–H groups in total. The van der Waals surface area contributed by atoms with E-state index in [1.807, 2.05) is 35.7 Å². The van der Waals surface area contributed by atoms with Crippen LogP contribution in [0.4, 0.5) is 0 Å². The zero-order valence-electron chi connectivity index (χ0n) is 14.6. The molecular formula is C18H23N5O. The van der Waals surface area contributed by atoms with Crippen molar-refractivity contribution in [3.8, 4) is 0 Å². The summed E-state index contributed by atoms with van der Waals surface area (Å²) in [5, 5.41) is 2.94. The van der Waals surface area contributed by atoms with Gasteiger partial charge in [0, 0.05) is 11.6 Å². The monoisotopic (exact) mass is 325 g/mol. The first-order valence-electron chi connectivity index (χ1n) is 8.08. The minimum atomic E-state index is -0.0319. The number of carbonyl (C=O) groups is 1. The Balaban J connectivity index is 1.65. The highest BCUT2D eigenvalue weighted by Gasteiger charge is 2.18. The molecule has 3 aromatic heterocycles. The summed E-state index contributed by atoms with van der Waals surface area (Å²) in [6, 6.07) is 5.82. The van der Waals surface area contributed by atoms with Crippen molar-refractivity contribution in [2.75, 3.05) is 0 Å². The van der Waals surface area contributed by atoms with E-state index in [1.165, 1.54) is 0 Å². The molecule has 126 valence electrons. The van der Waals surface area contributed by atoms with Crippen LogP contribution in [0.25, 0.3) is 5.65 Å². The Morgan fingerprint density at radius 1 is 1.33 bits per heavy atom. The van der Waals surface area contributed by atoms with E-state index in [1.54, 1.807) is 6.20 Å². The number of aryl methyl sites for hydroxylation is 1. The highest BCUT2D eigenvalue weighted by atomic mass is 16.1. The third-order valence-corrected chi connectivity index (χ3v) is 3.97. The zero-order chi connectivity index (χ0) is 17.3. The first-order valence-corrected chi connectivity index (χ1v) is 8.08. The Morgan fingerprint density at radius 3 is 2.83 bits per heavy atom. The van der Waals surface area contributed by atoms with Gasteiger partial charge in [0.05, 0.1) is 36.2 Å². The topological polar surface area (TPSA) is 75.1 Å². The number of imidazole rings is 2. The number of hydrogen-bond donors (Lipinski definition) is 2. The summed E-state index contributed by atoms with van der Waals surface area (Å²) in [7, 11) is 0. The Bertz CT molecular complexity index is 869. The quantitative estimate of drug-likeness (QED) is 0.774. The summed E-state index contributed by atoms with van der Waals surface area (Å²) in [4.78, 5) is 24.4. The third kappa shape index (κ3) is 3.32. The lowest BCUT2D eigenvalue weighted by molar-refractivity contribution is -0.120. The van der Waals surface area contributed by atoms with Crippen LogP contribution in [-0.2, 0) is 23.2 Å². The Kier molecular flexibility index (Phi) is 4.13. The molecule has 3 rings (SSSR count). The summed E-state index contributed by atoms with van der Waals surface area (Å²) < 4.78 is 1.96. The maximum absolute atomic E-state index is 12.3. The minimum absolute atomic E-state index is 0.0318. The standard InChI is InChI=1S/C18H23N5O/c1-12-14(23-8-6-5-7-15(23)21-12)9-16(24)19-10-13-11-20-17(22-13)18(2,3)4/h5-8,11H,9-10H2,1-4H3,(H,19,24)(H,20,22). The lowest BCUT2D eigenvalue weighted by Crippen LogP contribution is -2.25. The molecule has 0 saturated heterocycles. The highest BCUT2D eigenvalue weighted by Crippen LogP contribution is 2.18. The highest BCUT2D eigenvalue weighted by molar-refractivity contribution is 5.78. The molecule has 0 saturated carbocycles. The molecule has 0 spiro atoms. The second-order valence-corrected chi connectivity index (χ2v) is 7.03. The van der Waals surface area contributed by atoms with Gasteiger partial charge in [0.2, 0.25) is 5.91 Å². The second-order valence-electron chi connectivity index (χ2n) is 7.03. The number of rotatable bonds is 4. The molecule has 0 atom stereocenters. The van der Waals surface area contributed by atoms with Gasteiger partial charge in [-0.05, 0) is 19.1 Å². The summed E-state index contributed by atoms with van der Waals surface area (Å²) in [6.07, 6.45) is 4.01. The van der Waals surface area contributed by atoms with Crippen molar-refractivity contribution in [1.29, 1.82) is 0 Å². The normalized spacial score (nSPS) is 11.8. The van der Waals surface area contributed by atoms with Crippen LogP contribution in [0.1, 0.15) is 43.7 Å². The lowest BCUT2D eigenvalue weighted by Gasteiger charge is -2.14. The van der Waals surface area contributed by atoms with Gasteiger partial charge in [0.25, 0.3) is 0 Å². The summed E-state index contributed by atoms with van der Waals surface area (Å²) >= 11 is 0. The first-order chi connectivity index (χ1) is 11.3. The molecule has 1 amide bonds. The van der Waals surface area contributed by atoms with Crippen LogP contribution < -0.4 is 5.32 Å². The second kappa shape index (κ2) is 6.11. The van der Waals surface area contributed by atoms with Gasteiger partial charge < -0.3 is 14.7 Å². The van der Waals surface area contributed by atoms with Crippen LogP contribution in [0.3, 0.4) is 0 Å². The molecular weight excluding hydrogens is 302 g/mol. The molecule has 0 aliphatic rings. The zero-order valence-corrected chi connectivity index (χ0v) is 14.6. The van der Waals surface area contributed by atoms with Crippen LogP contribution in [-0.4, -0.2) is 25.3 Å². The SMILES string of the molecule is Cc1nc2ccccn2c1CC(=O)NCc1cnc(C(C)(C)C)[nH]1. The number of aromatic nitrogens is 4. The van der Waals surface area contributed by atoms with Crippen LogP contribution in [0.15, 0.2) is 30.6 Å². The average Bonchev–Trinajstić information content (AvgIpc) is 3.11. The number of carbonyl (C=O) groups excluding carboxylic acids is 1. The maximum atomic E-state index is 12.3. The van der Waals surface area contributed by atoms with Gasteiger partial charge in [-0.2, -0.15) is 0 Å². The van der Waals surface area contributed by atoms with Crippen molar-refractivity contribution in [2.45, 2.75) is 46.1 Å². The van der Waals surface area contributed by atoms with E-state index in [0.29, 0.717) is 13.0 Å². The molecule has 3 aromatic rings. The van der Waals surface area contributed by atoms with E-state index in [-0.39, 0.29) is 11.3 Å². The molecule has 0 aliphatic carbocycles. The lowest BCUT2D eigenvalue weighted by atomic mass is 9.96. The van der Waals surface area contributed by atoms with E-state index in [2.05, 4.69) is 41.0 Å². The number of nitrogens with zero attached hydrogens (tertiary/aromatic N) is 3. The number of fused-ring (bicyclic) bond motifs is 1. The molecule has 3 heterocycles. The number of amides is 1. The number of nitrogens with one attached hydrogen (secondary N) is 2. The molecule has 0 aliphatic heterocycles. The smallest absolute Gasteiger partial charge is 0.226 e. The van der Waals surface area contributed by atoms with Crippen molar-refractivity contribution < 1.29 is 4.79 Å². The number of pyridine rings is 1. The van der Waals surface area contributed by atoms with Gasteiger partial charge in [-0.3, -0.25) is 4.79 Å². The molecule has 0 fully saturated rings. The molecule has 0 aromatic carbocycles. The van der Waals surface area contributed by atoms with Crippen LogP contribution in [0, 0.1) is 6.92 Å². The molecule has 6 heteroatoms. The van der Waals surface area contributed by atoms with Crippen molar-refractivity contribution in [1.82, 2.24) is 24.7 Å². The van der Waals surface area contributed by atoms with Gasteiger partial charge >= 0.3 is 0 Å². The van der Waals surface area contributed by atoms with E-state index in [0.717, 1.165) is 28.6 Å². The molecule has 6 nitrogen and oxygen atoms in total. The van der Waals surface area contributed by atoms with Gasteiger partial charge in [-0.1, -0.05) is 26.8 Å². The van der Waals surface area contributed by atoms with Crippen molar-refractivity contribution in [3.05, 3.63) is 53.5 Å². The summed E-state index contributed by atoms with van der Waals surface area (Å²) in [5.74, 6) is 0.889. The van der Waals surface area contributed by atoms with E-state index >= 15 is 0 Å². The fraction of sp³-hybridized carbons (Fsp3) is 0.389. The van der Waals surface area contributed by atoms with Gasteiger partial charge in [0.1, 0.15) is 11.5 Å². The Morgan fingerprint density at radius 2 is 2.12 bits per heavy atom. The van der Waals surface area contributed by atoms with Crippen LogP contribution in [0.2, 0.25) is 0 Å². The average molecular weight is 325 g/mol. The van der Waals surface area contributed by atoms with Crippen molar-refractivity contribution >= 4 is 11.6 Å². The number of H-pyrrole nitrogens is 1. The summed E-state index contributed by atoms with van der Waals surface area (Å²) in [6.45, 7) is 8.67. The first kappa shape index (κ1) is 16.2. The molecule has 0 bridgehead atoms. The predicted octanol–water partition coefficient (Wildman–Crippen LogP) is 2.52. The van der Waals surface area contributed by atoms with E-state index in [9.17, 15) is 4.79 Å². The van der Waals surface area contributed by atoms with E-state index in [4.69, 9.17) is 0 Å². The fourth-order valence-corrected chi connectivity index (χ4v) is 2.62. The predicted molar refractivity (Wildman–Crippen MR) is 92.8 cm³/mol. The van der Waals surface area contributed by atoms with Crippen LogP contribution >= 0.6 is 0 Å². The minimum Gasteiger partial charge on any atom is -0.350 e. The Labute approximate surface area is 141 Å². The van der Waals surface area contributed by atoms with Gasteiger partial charge in [-0.15, -0.1) is 0 Å². The summed E-state index contributed by atoms with van der Waals surface area (Å²) in [5.41, 5.74) is 3.54. The van der Waals surface area contributed by atoms with Crippen molar-refractivity contribution in [3.63, 3.8) is 0 Å². The molecule has 0 radical (unpaired) electrons. The number of hydrogen-bond acceptors (Lipinski definition) is 3. The van der Waals surface area contributed by atoms with Crippen molar-refractivity contribution in [2.24, 2.45) is 0 Å². The largest absolute Gasteiger partial charge is 0.350 e. The third-order valence-electron chi connectivity index (χ3n) is 3.97. The maximum Gasteiger partial charge on any atom is 0.226 e. The van der Waals surface area contributed by atoms with Gasteiger partial charge in [0.15, 0.2) is 0 Å². The fourth-order valence-electron chi connectivity index (χ4n) is 2.62. The molecule has 0 unspecified atom stereocenters. The Hall–Kier alpha value is -2.63.